The van der Waals surface area contributed by atoms with Crippen LogP contribution in [0.4, 0.5) is 0 Å². The Morgan fingerprint density at radius 3 is 2.29 bits per heavy atom. The van der Waals surface area contributed by atoms with Gasteiger partial charge < -0.3 is 20.5 Å². The van der Waals surface area contributed by atoms with Gasteiger partial charge in [0.25, 0.3) is 0 Å². The van der Waals surface area contributed by atoms with Crippen molar-refractivity contribution in [3.63, 3.8) is 0 Å². The molecule has 28 heavy (non-hydrogen) atoms. The van der Waals surface area contributed by atoms with Crippen LogP contribution >= 0.6 is 0 Å². The Hall–Kier alpha value is -1.47. The zero-order valence-electron chi connectivity index (χ0n) is 18.1. The van der Waals surface area contributed by atoms with Gasteiger partial charge in [0.15, 0.2) is 0 Å². The van der Waals surface area contributed by atoms with Gasteiger partial charge in [-0.15, -0.1) is 0 Å². The normalized spacial score (nSPS) is 15.5. The lowest BCUT2D eigenvalue weighted by atomic mass is 9.89. The molecule has 0 aromatic heterocycles. The van der Waals surface area contributed by atoms with Crippen LogP contribution in [0.15, 0.2) is 0 Å². The van der Waals surface area contributed by atoms with E-state index in [9.17, 15) is 14.4 Å². The number of hydrogen-bond acceptors (Lipinski definition) is 5. The van der Waals surface area contributed by atoms with E-state index >= 15 is 0 Å². The molecule has 0 heterocycles. The summed E-state index contributed by atoms with van der Waals surface area (Å²) in [5, 5.41) is 2.91. The van der Waals surface area contributed by atoms with Crippen LogP contribution in [0, 0.1) is 11.8 Å². The van der Waals surface area contributed by atoms with Gasteiger partial charge in [-0.25, -0.2) is 0 Å². The number of nitrogens with two attached hydrogens (primary N) is 1. The third kappa shape index (κ3) is 14.6. The highest BCUT2D eigenvalue weighted by Crippen LogP contribution is 2.23. The number of rotatable bonds is 12. The number of amides is 2. The predicted molar refractivity (Wildman–Crippen MR) is 114 cm³/mol. The first-order chi connectivity index (χ1) is 13.3. The van der Waals surface area contributed by atoms with Crippen molar-refractivity contribution in [3.8, 4) is 0 Å². The lowest BCUT2D eigenvalue weighted by molar-refractivity contribution is -0.126. The average Bonchev–Trinajstić information content (AvgIpc) is 2.69. The summed E-state index contributed by atoms with van der Waals surface area (Å²) in [5.41, 5.74) is 4.83. The minimum Gasteiger partial charge on any atom is -0.379 e. The van der Waals surface area contributed by atoms with Gasteiger partial charge in [0.1, 0.15) is 12.4 Å². The van der Waals surface area contributed by atoms with Crippen LogP contribution in [0.3, 0.4) is 0 Å². The molecule has 1 fully saturated rings. The average molecular weight is 405 g/mol. The first-order valence-corrected chi connectivity index (χ1v) is 10.6. The summed E-state index contributed by atoms with van der Waals surface area (Å²) >= 11 is 0. The van der Waals surface area contributed by atoms with Crippen LogP contribution in [0.1, 0.15) is 75.5 Å². The fraction of sp³-hybridized carbons (Fsp3) is 0.857. The van der Waals surface area contributed by atoms with Crippen LogP contribution in [0.25, 0.3) is 0 Å². The molecule has 1 aliphatic carbocycles. The largest absolute Gasteiger partial charge is 0.379 e. The molecule has 0 saturated heterocycles. The van der Waals surface area contributed by atoms with Crippen LogP contribution in [0.2, 0.25) is 0 Å². The van der Waals surface area contributed by atoms with E-state index in [4.69, 9.17) is 15.2 Å². The smallest absolute Gasteiger partial charge is 0.243 e. The number of Topliss-reactive ketones (excluding diaryl/α,β-unsaturated/α-hetero) is 1. The first kappa shape index (κ1) is 26.5. The summed E-state index contributed by atoms with van der Waals surface area (Å²) in [5.74, 6) is 0.272. The molecule has 7 nitrogen and oxygen atoms in total. The van der Waals surface area contributed by atoms with E-state index in [1.54, 1.807) is 0 Å². The van der Waals surface area contributed by atoms with Crippen molar-refractivity contribution in [2.45, 2.75) is 78.7 Å². The number of ether oxygens (including phenoxy) is 2. The molecule has 0 aliphatic heterocycles. The van der Waals surface area contributed by atoms with Gasteiger partial charge in [-0.05, 0) is 26.2 Å². The maximum absolute atomic E-state index is 11.8. The highest BCUT2D eigenvalue weighted by atomic mass is 16.5. The topological polar surface area (TPSA) is 108 Å². The molecule has 0 aromatic rings. The lowest BCUT2D eigenvalue weighted by Crippen LogP contribution is -2.34. The summed E-state index contributed by atoms with van der Waals surface area (Å²) in [6.07, 6.45) is 7.17. The van der Waals surface area contributed by atoms with Crippen LogP contribution in [0.5, 0.6) is 0 Å². The van der Waals surface area contributed by atoms with Crippen molar-refractivity contribution in [2.24, 2.45) is 17.6 Å². The number of carbonyl (C=O) groups excluding carboxylic acids is 3. The fourth-order valence-corrected chi connectivity index (χ4v) is 2.66. The van der Waals surface area contributed by atoms with E-state index in [1.165, 1.54) is 19.3 Å². The first-order valence-electron chi connectivity index (χ1n) is 10.6. The Bertz CT molecular complexity index is 459. The highest BCUT2D eigenvalue weighted by molar-refractivity contribution is 5.80. The van der Waals surface area contributed by atoms with E-state index in [0.717, 1.165) is 19.3 Å². The third-order valence-electron chi connectivity index (χ3n) is 4.74. The number of hydrogen-bond donors (Lipinski definition) is 2. The van der Waals surface area contributed by atoms with E-state index in [0.29, 0.717) is 26.2 Å². The molecule has 0 spiro atoms. The summed E-state index contributed by atoms with van der Waals surface area (Å²) < 4.78 is 10.3. The van der Waals surface area contributed by atoms with Crippen LogP contribution < -0.4 is 11.1 Å². The molecule has 2 amide bonds. The zero-order chi connectivity index (χ0) is 21.4. The second kappa shape index (κ2) is 16.5. The maximum atomic E-state index is 11.8. The third-order valence-corrected chi connectivity index (χ3v) is 4.74. The summed E-state index contributed by atoms with van der Waals surface area (Å²) in [6.45, 7) is 9.22. The molecule has 1 atom stereocenters. The second-order valence-corrected chi connectivity index (χ2v) is 7.61. The predicted octanol–water partition coefficient (Wildman–Crippen LogP) is 3.09. The molecule has 1 rings (SSSR count). The molecule has 0 bridgehead atoms. The number of primary amides is 1. The molecular weight excluding hydrogens is 360 g/mol. The van der Waals surface area contributed by atoms with Crippen LogP contribution in [-0.4, -0.2) is 50.1 Å². The number of nitrogens with one attached hydrogen (secondary N) is 1. The van der Waals surface area contributed by atoms with Crippen molar-refractivity contribution < 1.29 is 26.7 Å². The van der Waals surface area contributed by atoms with E-state index in [2.05, 4.69) is 5.32 Å². The second-order valence-electron chi connectivity index (χ2n) is 7.61. The quantitative estimate of drug-likeness (QED) is 0.486. The fourth-order valence-electron chi connectivity index (χ4n) is 2.66. The maximum Gasteiger partial charge on any atom is 0.243 e. The van der Waals surface area contributed by atoms with Gasteiger partial charge in [0.2, 0.25) is 11.8 Å². The Kier molecular flexibility index (Phi) is 15.6. The van der Waals surface area contributed by atoms with Crippen molar-refractivity contribution in [2.75, 3.05) is 26.4 Å². The SMILES string of the molecule is CC(C)C(=O)CCOCCNC(=O)C1CCCCC1.CCC(C)OCC(N)=O.[HH].[HH]. The number of carbonyl (C=O) groups is 3. The Morgan fingerprint density at radius 1 is 1.11 bits per heavy atom. The molecule has 1 aliphatic rings. The van der Waals surface area contributed by atoms with Gasteiger partial charge in [-0.3, -0.25) is 14.4 Å². The number of ketones is 1. The summed E-state index contributed by atoms with van der Waals surface area (Å²) in [4.78, 5) is 33.3. The Balaban J connectivity index is -0.000000569. The van der Waals surface area contributed by atoms with Gasteiger partial charge in [-0.2, -0.15) is 0 Å². The Morgan fingerprint density at radius 2 is 1.75 bits per heavy atom. The van der Waals surface area contributed by atoms with Gasteiger partial charge in [0, 0.05) is 27.7 Å². The van der Waals surface area contributed by atoms with Gasteiger partial charge >= 0.3 is 0 Å². The van der Waals surface area contributed by atoms with Crippen molar-refractivity contribution >= 4 is 17.6 Å². The van der Waals surface area contributed by atoms with Crippen molar-refractivity contribution in [1.29, 1.82) is 0 Å². The molecule has 1 unspecified atom stereocenters. The lowest BCUT2D eigenvalue weighted by Gasteiger charge is -2.20. The molecule has 0 aromatic carbocycles. The van der Waals surface area contributed by atoms with Crippen molar-refractivity contribution in [3.05, 3.63) is 0 Å². The minimum absolute atomic E-state index is 0. The molecule has 168 valence electrons. The molecule has 7 heteroatoms. The van der Waals surface area contributed by atoms with Gasteiger partial charge in [-0.1, -0.05) is 40.0 Å². The van der Waals surface area contributed by atoms with E-state index in [1.807, 2.05) is 27.7 Å². The van der Waals surface area contributed by atoms with Gasteiger partial charge in [0.05, 0.1) is 19.3 Å². The molecule has 3 N–H and O–H groups in total. The highest BCUT2D eigenvalue weighted by Gasteiger charge is 2.20. The summed E-state index contributed by atoms with van der Waals surface area (Å²) in [7, 11) is 0. The zero-order valence-corrected chi connectivity index (χ0v) is 18.1. The molecule has 0 radical (unpaired) electrons. The standard InChI is InChI=1S/C15H27NO3.C6H13NO2.2H2/c1-12(2)14(17)8-10-19-11-9-16-15(18)13-6-4-3-5-7-13;1-3-5(2)9-4-6(7)8;;/h12-13H,3-11H2,1-2H3,(H,16,18);5H,3-4H2,1-2H3,(H2,7,8);2*1H. The van der Waals surface area contributed by atoms with Crippen molar-refractivity contribution in [1.82, 2.24) is 5.32 Å². The monoisotopic (exact) mass is 404 g/mol. The van der Waals surface area contributed by atoms with Crippen LogP contribution in [-0.2, 0) is 23.9 Å². The molecule has 1 saturated carbocycles. The minimum atomic E-state index is -0.407. The Labute approximate surface area is 173 Å². The van der Waals surface area contributed by atoms with E-state index in [-0.39, 0.29) is 39.1 Å². The van der Waals surface area contributed by atoms with E-state index < -0.39 is 5.91 Å². The summed E-state index contributed by atoms with van der Waals surface area (Å²) in [6, 6.07) is 0. The molecular formula is C21H44N2O5.